The van der Waals surface area contributed by atoms with Crippen molar-refractivity contribution in [3.8, 4) is 0 Å². The first-order valence-corrected chi connectivity index (χ1v) is 6.46. The van der Waals surface area contributed by atoms with Crippen molar-refractivity contribution < 1.29 is 14.2 Å². The predicted molar refractivity (Wildman–Crippen MR) is 73.6 cm³/mol. The second-order valence-corrected chi connectivity index (χ2v) is 4.69. The Morgan fingerprint density at radius 1 is 1.26 bits per heavy atom. The van der Waals surface area contributed by atoms with Gasteiger partial charge in [0.1, 0.15) is 5.82 Å². The molecule has 0 aliphatic rings. The molecule has 4 nitrogen and oxygen atoms in total. The molecule has 0 spiro atoms. The van der Waals surface area contributed by atoms with Gasteiger partial charge in [0.25, 0.3) is 0 Å². The normalized spacial score (nSPS) is 12.9. The Morgan fingerprint density at radius 3 is 2.58 bits per heavy atom. The van der Waals surface area contributed by atoms with E-state index in [-0.39, 0.29) is 5.82 Å². The van der Waals surface area contributed by atoms with Crippen LogP contribution in [0.25, 0.3) is 0 Å². The molecule has 0 heterocycles. The molecule has 0 saturated carbocycles. The molecule has 0 amide bonds. The van der Waals surface area contributed by atoms with E-state index < -0.39 is 6.10 Å². The smallest absolute Gasteiger partial charge is 0.123 e. The highest BCUT2D eigenvalue weighted by Gasteiger charge is 2.06. The summed E-state index contributed by atoms with van der Waals surface area (Å²) in [6, 6.07) is 5.89. The number of aliphatic hydroxyl groups excluding tert-OH is 1. The zero-order valence-corrected chi connectivity index (χ0v) is 11.6. The van der Waals surface area contributed by atoms with Gasteiger partial charge in [0.2, 0.25) is 0 Å². The fourth-order valence-electron chi connectivity index (χ4n) is 1.54. The summed E-state index contributed by atoms with van der Waals surface area (Å²) in [6.45, 7) is 3.34. The second kappa shape index (κ2) is 8.98. The Labute approximate surface area is 114 Å². The number of rotatable bonds is 9. The standard InChI is InChI=1S/C14H23FN2O2/c1-17(2)8-10-19-9-7-16-11-14(18)12-3-5-13(15)6-4-12/h3-6,14,16,18H,7-11H2,1-2H3. The topological polar surface area (TPSA) is 44.7 Å². The first-order valence-electron chi connectivity index (χ1n) is 6.46. The first-order chi connectivity index (χ1) is 9.09. The summed E-state index contributed by atoms with van der Waals surface area (Å²) in [5, 5.41) is 13.0. The minimum atomic E-state index is -0.623. The van der Waals surface area contributed by atoms with Gasteiger partial charge >= 0.3 is 0 Å². The maximum Gasteiger partial charge on any atom is 0.123 e. The third-order valence-corrected chi connectivity index (χ3v) is 2.70. The lowest BCUT2D eigenvalue weighted by Gasteiger charge is -2.13. The molecule has 0 radical (unpaired) electrons. The molecule has 1 aromatic carbocycles. The van der Waals surface area contributed by atoms with E-state index in [1.54, 1.807) is 12.1 Å². The predicted octanol–water partition coefficient (Wildman–Crippen LogP) is 1.03. The van der Waals surface area contributed by atoms with Crippen molar-refractivity contribution in [2.24, 2.45) is 0 Å². The summed E-state index contributed by atoms with van der Waals surface area (Å²) >= 11 is 0. The van der Waals surface area contributed by atoms with E-state index in [4.69, 9.17) is 4.74 Å². The molecule has 0 bridgehead atoms. The fourth-order valence-corrected chi connectivity index (χ4v) is 1.54. The number of nitrogens with zero attached hydrogens (tertiary/aromatic N) is 1. The maximum atomic E-state index is 12.7. The highest BCUT2D eigenvalue weighted by molar-refractivity contribution is 5.18. The first kappa shape index (κ1) is 16.0. The van der Waals surface area contributed by atoms with Crippen LogP contribution in [0, 0.1) is 5.82 Å². The molecule has 0 fully saturated rings. The van der Waals surface area contributed by atoms with Crippen LogP contribution in [0.1, 0.15) is 11.7 Å². The van der Waals surface area contributed by atoms with Crippen LogP contribution in [0.4, 0.5) is 4.39 Å². The van der Waals surface area contributed by atoms with Crippen molar-refractivity contribution in [3.05, 3.63) is 35.6 Å². The van der Waals surface area contributed by atoms with Crippen molar-refractivity contribution in [2.75, 3.05) is 46.9 Å². The van der Waals surface area contributed by atoms with Crippen LogP contribution in [-0.4, -0.2) is 56.9 Å². The number of aliphatic hydroxyl groups is 1. The Balaban J connectivity index is 2.07. The van der Waals surface area contributed by atoms with E-state index in [2.05, 4.69) is 10.2 Å². The van der Waals surface area contributed by atoms with Crippen LogP contribution in [0.3, 0.4) is 0 Å². The van der Waals surface area contributed by atoms with E-state index in [0.717, 1.165) is 6.54 Å². The highest BCUT2D eigenvalue weighted by atomic mass is 19.1. The number of nitrogens with one attached hydrogen (secondary N) is 1. The molecule has 1 atom stereocenters. The SMILES string of the molecule is CN(C)CCOCCNCC(O)c1ccc(F)cc1. The van der Waals surface area contributed by atoms with Crippen LogP contribution in [0.5, 0.6) is 0 Å². The second-order valence-electron chi connectivity index (χ2n) is 4.69. The number of benzene rings is 1. The van der Waals surface area contributed by atoms with Crippen molar-refractivity contribution in [1.82, 2.24) is 10.2 Å². The Kier molecular flexibility index (Phi) is 7.59. The number of ether oxygens (including phenoxy) is 1. The van der Waals surface area contributed by atoms with Crippen LogP contribution >= 0.6 is 0 Å². The molecule has 5 heteroatoms. The average molecular weight is 270 g/mol. The van der Waals surface area contributed by atoms with Crippen molar-refractivity contribution in [1.29, 1.82) is 0 Å². The van der Waals surface area contributed by atoms with Crippen molar-refractivity contribution >= 4 is 0 Å². The van der Waals surface area contributed by atoms with Gasteiger partial charge in [-0.05, 0) is 31.8 Å². The Morgan fingerprint density at radius 2 is 1.95 bits per heavy atom. The van der Waals surface area contributed by atoms with E-state index in [1.165, 1.54) is 12.1 Å². The van der Waals surface area contributed by atoms with Crippen molar-refractivity contribution in [3.63, 3.8) is 0 Å². The summed E-state index contributed by atoms with van der Waals surface area (Å²) < 4.78 is 18.1. The van der Waals surface area contributed by atoms with Gasteiger partial charge in [0, 0.05) is 19.6 Å². The van der Waals surface area contributed by atoms with E-state index in [0.29, 0.717) is 31.9 Å². The monoisotopic (exact) mass is 270 g/mol. The van der Waals surface area contributed by atoms with Crippen LogP contribution < -0.4 is 5.32 Å². The number of halogens is 1. The molecule has 1 aromatic rings. The van der Waals surface area contributed by atoms with E-state index in [1.807, 2.05) is 14.1 Å². The minimum absolute atomic E-state index is 0.293. The van der Waals surface area contributed by atoms with E-state index in [9.17, 15) is 9.50 Å². The quantitative estimate of drug-likeness (QED) is 0.658. The summed E-state index contributed by atoms with van der Waals surface area (Å²) in [7, 11) is 4.00. The molecule has 108 valence electrons. The summed E-state index contributed by atoms with van der Waals surface area (Å²) in [6.07, 6.45) is -0.623. The number of hydrogen-bond acceptors (Lipinski definition) is 4. The van der Waals surface area contributed by atoms with Gasteiger partial charge in [-0.25, -0.2) is 4.39 Å². The average Bonchev–Trinajstić information content (AvgIpc) is 2.38. The summed E-state index contributed by atoms with van der Waals surface area (Å²) in [5.74, 6) is -0.293. The van der Waals surface area contributed by atoms with E-state index >= 15 is 0 Å². The maximum absolute atomic E-state index is 12.7. The molecule has 19 heavy (non-hydrogen) atoms. The molecule has 0 aliphatic heterocycles. The molecular formula is C14H23FN2O2. The number of likely N-dealkylation sites (N-methyl/N-ethyl adjacent to an activating group) is 1. The minimum Gasteiger partial charge on any atom is -0.387 e. The Hall–Kier alpha value is -1.01. The van der Waals surface area contributed by atoms with Gasteiger partial charge in [0.05, 0.1) is 19.3 Å². The van der Waals surface area contributed by atoms with Crippen molar-refractivity contribution in [2.45, 2.75) is 6.10 Å². The highest BCUT2D eigenvalue weighted by Crippen LogP contribution is 2.12. The molecular weight excluding hydrogens is 247 g/mol. The fraction of sp³-hybridized carbons (Fsp3) is 0.571. The van der Waals surface area contributed by atoms with Gasteiger partial charge in [-0.2, -0.15) is 0 Å². The lowest BCUT2D eigenvalue weighted by molar-refractivity contribution is 0.114. The van der Waals surface area contributed by atoms with Gasteiger partial charge in [-0.1, -0.05) is 12.1 Å². The van der Waals surface area contributed by atoms with Gasteiger partial charge < -0.3 is 20.1 Å². The summed E-state index contributed by atoms with van der Waals surface area (Å²) in [4.78, 5) is 2.06. The summed E-state index contributed by atoms with van der Waals surface area (Å²) in [5.41, 5.74) is 0.711. The van der Waals surface area contributed by atoms with Crippen LogP contribution in [-0.2, 0) is 4.74 Å². The third kappa shape index (κ3) is 7.22. The lowest BCUT2D eigenvalue weighted by atomic mass is 10.1. The largest absolute Gasteiger partial charge is 0.387 e. The zero-order chi connectivity index (χ0) is 14.1. The molecule has 1 unspecified atom stereocenters. The van der Waals surface area contributed by atoms with Crippen LogP contribution in [0.15, 0.2) is 24.3 Å². The number of hydrogen-bond donors (Lipinski definition) is 2. The van der Waals surface area contributed by atoms with Gasteiger partial charge in [-0.15, -0.1) is 0 Å². The van der Waals surface area contributed by atoms with Crippen LogP contribution in [0.2, 0.25) is 0 Å². The zero-order valence-electron chi connectivity index (χ0n) is 11.6. The lowest BCUT2D eigenvalue weighted by Crippen LogP contribution is -2.26. The van der Waals surface area contributed by atoms with Gasteiger partial charge in [-0.3, -0.25) is 0 Å². The molecule has 2 N–H and O–H groups in total. The molecule has 0 saturated heterocycles. The Bertz CT molecular complexity index is 344. The molecule has 0 aliphatic carbocycles. The molecule has 0 aromatic heterocycles. The third-order valence-electron chi connectivity index (χ3n) is 2.70. The van der Waals surface area contributed by atoms with Gasteiger partial charge in [0.15, 0.2) is 0 Å². The molecule has 1 rings (SSSR count).